The Balaban J connectivity index is 2.42. The highest BCUT2D eigenvalue weighted by molar-refractivity contribution is 5.70. The second-order valence-corrected chi connectivity index (χ2v) is 3.83. The van der Waals surface area contributed by atoms with Crippen molar-refractivity contribution in [2.24, 2.45) is 0 Å². The second kappa shape index (κ2) is 4.97. The largest absolute Gasteiger partial charge is 0.507 e. The van der Waals surface area contributed by atoms with Crippen LogP contribution in [0.1, 0.15) is 5.56 Å². The van der Waals surface area contributed by atoms with Gasteiger partial charge in [0.05, 0.1) is 0 Å². The minimum Gasteiger partial charge on any atom is -0.507 e. The molecule has 0 radical (unpaired) electrons. The van der Waals surface area contributed by atoms with Gasteiger partial charge in [-0.3, -0.25) is 0 Å². The molecular formula is C14H13FO2. The van der Waals surface area contributed by atoms with Crippen molar-refractivity contribution < 1.29 is 14.6 Å². The van der Waals surface area contributed by atoms with E-state index in [4.69, 9.17) is 5.11 Å². The van der Waals surface area contributed by atoms with Crippen molar-refractivity contribution in [3.8, 4) is 16.9 Å². The van der Waals surface area contributed by atoms with Gasteiger partial charge in [0, 0.05) is 12.2 Å². The average Bonchev–Trinajstić information content (AvgIpc) is 2.33. The summed E-state index contributed by atoms with van der Waals surface area (Å²) < 4.78 is 12.8. The Morgan fingerprint density at radius 3 is 2.35 bits per heavy atom. The fraction of sp³-hybridized carbons (Fsp3) is 0.143. The Kier molecular flexibility index (Phi) is 3.40. The van der Waals surface area contributed by atoms with Crippen LogP contribution in [0.15, 0.2) is 42.5 Å². The third-order valence-electron chi connectivity index (χ3n) is 2.62. The molecule has 0 bridgehead atoms. The Labute approximate surface area is 99.0 Å². The second-order valence-electron chi connectivity index (χ2n) is 3.83. The van der Waals surface area contributed by atoms with Crippen LogP contribution in [0.5, 0.6) is 5.75 Å². The lowest BCUT2D eigenvalue weighted by atomic mass is 10.0. The number of halogens is 1. The summed E-state index contributed by atoms with van der Waals surface area (Å²) in [6.07, 6.45) is 0.536. The number of aliphatic hydroxyl groups is 1. The van der Waals surface area contributed by atoms with E-state index in [9.17, 15) is 9.50 Å². The molecule has 3 heteroatoms. The van der Waals surface area contributed by atoms with Gasteiger partial charge in [-0.15, -0.1) is 0 Å². The average molecular weight is 232 g/mol. The number of phenols is 1. The zero-order chi connectivity index (χ0) is 12.3. The molecule has 0 saturated heterocycles. The molecule has 88 valence electrons. The van der Waals surface area contributed by atoms with Crippen LogP contribution >= 0.6 is 0 Å². The van der Waals surface area contributed by atoms with Crippen LogP contribution in [0.3, 0.4) is 0 Å². The molecule has 0 amide bonds. The molecule has 0 heterocycles. The molecule has 0 aromatic heterocycles. The van der Waals surface area contributed by atoms with Gasteiger partial charge >= 0.3 is 0 Å². The zero-order valence-corrected chi connectivity index (χ0v) is 9.23. The summed E-state index contributed by atoms with van der Waals surface area (Å²) >= 11 is 0. The van der Waals surface area contributed by atoms with Gasteiger partial charge in [0.1, 0.15) is 11.6 Å². The van der Waals surface area contributed by atoms with Gasteiger partial charge in [0.2, 0.25) is 0 Å². The molecule has 0 fully saturated rings. The molecule has 0 aliphatic heterocycles. The third-order valence-corrected chi connectivity index (χ3v) is 2.62. The molecule has 2 aromatic carbocycles. The fourth-order valence-corrected chi connectivity index (χ4v) is 1.73. The van der Waals surface area contributed by atoms with Crippen LogP contribution in [-0.4, -0.2) is 16.8 Å². The summed E-state index contributed by atoms with van der Waals surface area (Å²) in [5, 5.41) is 18.6. The Hall–Kier alpha value is -1.87. The molecule has 0 spiro atoms. The maximum atomic E-state index is 12.8. The number of aliphatic hydroxyl groups excluding tert-OH is 1. The number of hydrogen-bond donors (Lipinski definition) is 2. The van der Waals surface area contributed by atoms with Crippen molar-refractivity contribution >= 4 is 0 Å². The van der Waals surface area contributed by atoms with E-state index >= 15 is 0 Å². The van der Waals surface area contributed by atoms with E-state index in [0.29, 0.717) is 12.0 Å². The van der Waals surface area contributed by atoms with Crippen LogP contribution in [0.25, 0.3) is 11.1 Å². The molecule has 0 unspecified atom stereocenters. The summed E-state index contributed by atoms with van der Waals surface area (Å²) in [6, 6.07) is 11.1. The molecule has 2 aromatic rings. The van der Waals surface area contributed by atoms with Crippen molar-refractivity contribution in [2.75, 3.05) is 6.61 Å². The van der Waals surface area contributed by atoms with E-state index < -0.39 is 0 Å². The molecule has 0 saturated carbocycles. The lowest BCUT2D eigenvalue weighted by Gasteiger charge is -2.07. The maximum Gasteiger partial charge on any atom is 0.123 e. The van der Waals surface area contributed by atoms with Crippen molar-refractivity contribution in [1.82, 2.24) is 0 Å². The Morgan fingerprint density at radius 2 is 1.71 bits per heavy atom. The molecule has 0 atom stereocenters. The predicted molar refractivity (Wildman–Crippen MR) is 64.3 cm³/mol. The van der Waals surface area contributed by atoms with Gasteiger partial charge in [-0.2, -0.15) is 0 Å². The summed E-state index contributed by atoms with van der Waals surface area (Å²) in [7, 11) is 0. The zero-order valence-electron chi connectivity index (χ0n) is 9.23. The Morgan fingerprint density at radius 1 is 1.00 bits per heavy atom. The van der Waals surface area contributed by atoms with Crippen LogP contribution < -0.4 is 0 Å². The highest BCUT2D eigenvalue weighted by atomic mass is 19.1. The first-order chi connectivity index (χ1) is 8.20. The smallest absolute Gasteiger partial charge is 0.123 e. The molecular weight excluding hydrogens is 219 g/mol. The SMILES string of the molecule is OCCc1ccc(O)c(-c2ccc(F)cc2)c1. The van der Waals surface area contributed by atoms with Gasteiger partial charge in [-0.25, -0.2) is 4.39 Å². The van der Waals surface area contributed by atoms with Crippen LogP contribution in [0.2, 0.25) is 0 Å². The van der Waals surface area contributed by atoms with E-state index in [2.05, 4.69) is 0 Å². The molecule has 17 heavy (non-hydrogen) atoms. The number of hydrogen-bond acceptors (Lipinski definition) is 2. The first-order valence-corrected chi connectivity index (χ1v) is 5.39. The van der Waals surface area contributed by atoms with Gasteiger partial charge < -0.3 is 10.2 Å². The maximum absolute atomic E-state index is 12.8. The van der Waals surface area contributed by atoms with E-state index in [1.54, 1.807) is 30.3 Å². The topological polar surface area (TPSA) is 40.5 Å². The van der Waals surface area contributed by atoms with Crippen molar-refractivity contribution in [1.29, 1.82) is 0 Å². The van der Waals surface area contributed by atoms with Gasteiger partial charge in [-0.1, -0.05) is 18.2 Å². The number of aromatic hydroxyl groups is 1. The summed E-state index contributed by atoms with van der Waals surface area (Å²) in [5.41, 5.74) is 2.34. The van der Waals surface area contributed by atoms with Crippen LogP contribution in [0, 0.1) is 5.82 Å². The van der Waals surface area contributed by atoms with Gasteiger partial charge in [-0.05, 0) is 41.8 Å². The number of phenolic OH excluding ortho intramolecular Hbond substituents is 1. The molecule has 2 nitrogen and oxygen atoms in total. The predicted octanol–water partition coefficient (Wildman–Crippen LogP) is 2.73. The van der Waals surface area contributed by atoms with E-state index in [1.807, 2.05) is 0 Å². The lowest BCUT2D eigenvalue weighted by molar-refractivity contribution is 0.299. The molecule has 0 aliphatic carbocycles. The third kappa shape index (κ3) is 2.63. The first-order valence-electron chi connectivity index (χ1n) is 5.39. The van der Waals surface area contributed by atoms with Gasteiger partial charge in [0.25, 0.3) is 0 Å². The molecule has 2 N–H and O–H groups in total. The summed E-state index contributed by atoms with van der Waals surface area (Å²) in [6.45, 7) is 0.0631. The van der Waals surface area contributed by atoms with E-state index in [1.165, 1.54) is 12.1 Å². The fourth-order valence-electron chi connectivity index (χ4n) is 1.73. The first kappa shape index (κ1) is 11.6. The normalized spacial score (nSPS) is 10.5. The quantitative estimate of drug-likeness (QED) is 0.854. The summed E-state index contributed by atoms with van der Waals surface area (Å²) in [4.78, 5) is 0. The Bertz CT molecular complexity index is 506. The number of benzene rings is 2. The minimum atomic E-state index is -0.306. The molecule has 2 rings (SSSR count). The van der Waals surface area contributed by atoms with E-state index in [0.717, 1.165) is 11.1 Å². The highest BCUT2D eigenvalue weighted by Gasteiger charge is 2.05. The summed E-state index contributed by atoms with van der Waals surface area (Å²) in [5.74, 6) is -0.155. The van der Waals surface area contributed by atoms with Gasteiger partial charge in [0.15, 0.2) is 0 Å². The van der Waals surface area contributed by atoms with Crippen LogP contribution in [0.4, 0.5) is 4.39 Å². The highest BCUT2D eigenvalue weighted by Crippen LogP contribution is 2.30. The monoisotopic (exact) mass is 232 g/mol. The van der Waals surface area contributed by atoms with Crippen molar-refractivity contribution in [2.45, 2.75) is 6.42 Å². The lowest BCUT2D eigenvalue weighted by Crippen LogP contribution is -1.91. The standard InChI is InChI=1S/C14H13FO2/c15-12-4-2-11(3-5-12)13-9-10(7-8-16)1-6-14(13)17/h1-6,9,16-17H,7-8H2. The minimum absolute atomic E-state index is 0.0631. The number of rotatable bonds is 3. The van der Waals surface area contributed by atoms with Crippen LogP contribution in [-0.2, 0) is 6.42 Å². The van der Waals surface area contributed by atoms with E-state index in [-0.39, 0.29) is 18.2 Å². The van der Waals surface area contributed by atoms with Crippen molar-refractivity contribution in [3.05, 3.63) is 53.8 Å². The molecule has 0 aliphatic rings. The van der Waals surface area contributed by atoms with Crippen molar-refractivity contribution in [3.63, 3.8) is 0 Å².